The van der Waals surface area contributed by atoms with Crippen LogP contribution in [0.25, 0.3) is 11.1 Å². The number of alkyl halides is 5. The molecular weight excluding hydrogens is 525 g/mol. The number of nitrogens with zero attached hydrogens (tertiary/aromatic N) is 1. The van der Waals surface area contributed by atoms with E-state index in [1.54, 1.807) is 0 Å². The zero-order valence-electron chi connectivity index (χ0n) is 22.1. The summed E-state index contributed by atoms with van der Waals surface area (Å²) in [6, 6.07) is 16.3. The van der Waals surface area contributed by atoms with Gasteiger partial charge in [-0.25, -0.2) is 0 Å². The van der Waals surface area contributed by atoms with E-state index in [1.807, 2.05) is 55.1 Å². The smallest absolute Gasteiger partial charge is 0.377 e. The molecule has 214 valence electrons. The van der Waals surface area contributed by atoms with Crippen LogP contribution in [0.4, 0.5) is 27.6 Å². The summed E-state index contributed by atoms with van der Waals surface area (Å²) in [6.45, 7) is 5.23. The molecule has 39 heavy (non-hydrogen) atoms. The number of amides is 3. The molecule has 3 rings (SSSR count). The first-order valence-corrected chi connectivity index (χ1v) is 12.1. The maximum absolute atomic E-state index is 12.7. The number of fused-ring (bicyclic) bond motifs is 3. The summed E-state index contributed by atoms with van der Waals surface area (Å²) >= 11 is 0. The molecule has 0 unspecified atom stereocenters. The highest BCUT2D eigenvalue weighted by Gasteiger charge is 2.57. The van der Waals surface area contributed by atoms with E-state index in [0.717, 1.165) is 36.2 Å². The van der Waals surface area contributed by atoms with Crippen molar-refractivity contribution in [2.45, 2.75) is 52.3 Å². The molecule has 0 atom stereocenters. The van der Waals surface area contributed by atoms with Crippen molar-refractivity contribution in [2.75, 3.05) is 24.6 Å². The number of ether oxygens (including phenoxy) is 1. The van der Waals surface area contributed by atoms with Crippen LogP contribution in [0.1, 0.15) is 33.3 Å². The highest BCUT2D eigenvalue weighted by atomic mass is 19.4. The molecule has 0 spiro atoms. The van der Waals surface area contributed by atoms with Gasteiger partial charge in [0.15, 0.2) is 0 Å². The molecule has 12 heteroatoms. The van der Waals surface area contributed by atoms with E-state index in [-0.39, 0.29) is 12.0 Å². The lowest BCUT2D eigenvalue weighted by molar-refractivity contribution is -0.278. The lowest BCUT2D eigenvalue weighted by Gasteiger charge is -2.23. The Kier molecular flexibility index (Phi) is 10.2. The van der Waals surface area contributed by atoms with Gasteiger partial charge in [-0.2, -0.15) is 22.0 Å². The topological polar surface area (TPSA) is 102 Å². The van der Waals surface area contributed by atoms with Gasteiger partial charge in [0.05, 0.1) is 31.4 Å². The SMILES string of the molecule is CC(C)(C(N)=O)C(=O)NCC(F)(F)C(F)(F)F.CC(C)OCCN1C(=O)Cc2ccccc2-c2ccccc21. The van der Waals surface area contributed by atoms with E-state index in [4.69, 9.17) is 10.5 Å². The van der Waals surface area contributed by atoms with Crippen molar-refractivity contribution >= 4 is 23.4 Å². The Morgan fingerprint density at radius 2 is 1.56 bits per heavy atom. The Morgan fingerprint density at radius 3 is 2.13 bits per heavy atom. The van der Waals surface area contributed by atoms with Crippen LogP contribution in [0, 0.1) is 5.41 Å². The van der Waals surface area contributed by atoms with Crippen LogP contribution in [0.5, 0.6) is 0 Å². The van der Waals surface area contributed by atoms with Crippen LogP contribution >= 0.6 is 0 Å². The molecule has 7 nitrogen and oxygen atoms in total. The third-order valence-electron chi connectivity index (χ3n) is 5.98. The van der Waals surface area contributed by atoms with Crippen molar-refractivity contribution in [1.82, 2.24) is 5.32 Å². The zero-order chi connectivity index (χ0) is 29.6. The number of carbonyl (C=O) groups is 3. The number of primary amides is 1. The Morgan fingerprint density at radius 1 is 1.00 bits per heavy atom. The second kappa shape index (κ2) is 12.5. The van der Waals surface area contributed by atoms with Gasteiger partial charge in [-0.15, -0.1) is 0 Å². The van der Waals surface area contributed by atoms with Crippen molar-refractivity contribution in [3.63, 3.8) is 0 Å². The molecule has 0 aromatic heterocycles. The highest BCUT2D eigenvalue weighted by Crippen LogP contribution is 2.37. The van der Waals surface area contributed by atoms with Crippen LogP contribution in [-0.2, 0) is 25.5 Å². The van der Waals surface area contributed by atoms with Crippen molar-refractivity contribution < 1.29 is 41.1 Å². The standard InChI is InChI=1S/C19H21NO2.C8H11F5N2O2/c1-14(2)22-12-11-20-18-10-6-5-9-17(18)16-8-4-3-7-15(16)13-19(20)21;1-6(2,4(14)16)5(17)15-3-7(9,10)8(11,12)13/h3-10,14H,11-13H2,1-2H3;3H2,1-2H3,(H2,14,16)(H,15,17). The molecule has 0 fully saturated rings. The fourth-order valence-corrected chi connectivity index (χ4v) is 3.52. The Labute approximate surface area is 223 Å². The number of anilines is 1. The molecule has 3 amide bonds. The van der Waals surface area contributed by atoms with Gasteiger partial charge in [0.25, 0.3) is 0 Å². The maximum atomic E-state index is 12.7. The predicted octanol–water partition coefficient (Wildman–Crippen LogP) is 4.48. The highest BCUT2D eigenvalue weighted by molar-refractivity contribution is 6.03. The molecule has 0 bridgehead atoms. The lowest BCUT2D eigenvalue weighted by atomic mass is 9.91. The van der Waals surface area contributed by atoms with Crippen molar-refractivity contribution in [2.24, 2.45) is 11.1 Å². The minimum atomic E-state index is -5.77. The zero-order valence-corrected chi connectivity index (χ0v) is 22.1. The summed E-state index contributed by atoms with van der Waals surface area (Å²) in [5, 5.41) is 1.34. The van der Waals surface area contributed by atoms with Crippen LogP contribution in [0.3, 0.4) is 0 Å². The number of hydrogen-bond donors (Lipinski definition) is 2. The van der Waals surface area contributed by atoms with E-state index >= 15 is 0 Å². The first-order valence-electron chi connectivity index (χ1n) is 12.1. The number of rotatable bonds is 8. The van der Waals surface area contributed by atoms with Gasteiger partial charge >= 0.3 is 12.1 Å². The third-order valence-corrected chi connectivity index (χ3v) is 5.98. The number of para-hydroxylation sites is 1. The predicted molar refractivity (Wildman–Crippen MR) is 136 cm³/mol. The summed E-state index contributed by atoms with van der Waals surface area (Å²) in [4.78, 5) is 36.4. The largest absolute Gasteiger partial charge is 0.455 e. The molecule has 1 heterocycles. The summed E-state index contributed by atoms with van der Waals surface area (Å²) in [7, 11) is 0. The first kappa shape index (κ1) is 31.7. The van der Waals surface area contributed by atoms with E-state index in [2.05, 4.69) is 12.1 Å². The summed E-state index contributed by atoms with van der Waals surface area (Å²) in [5.74, 6) is -7.36. The van der Waals surface area contributed by atoms with E-state index in [1.165, 1.54) is 5.32 Å². The number of nitrogens with one attached hydrogen (secondary N) is 1. The first-order chi connectivity index (χ1) is 18.0. The Hall–Kier alpha value is -3.54. The average Bonchev–Trinajstić information content (AvgIpc) is 2.96. The summed E-state index contributed by atoms with van der Waals surface area (Å²) in [6.07, 6.45) is -5.15. The Bertz CT molecular complexity index is 1180. The van der Waals surface area contributed by atoms with Crippen LogP contribution in [0.15, 0.2) is 48.5 Å². The molecule has 0 aliphatic carbocycles. The molecule has 2 aromatic carbocycles. The van der Waals surface area contributed by atoms with Gasteiger partial charge < -0.3 is 20.7 Å². The number of carbonyl (C=O) groups excluding carboxylic acids is 3. The van der Waals surface area contributed by atoms with Crippen LogP contribution in [0.2, 0.25) is 0 Å². The summed E-state index contributed by atoms with van der Waals surface area (Å²) < 4.78 is 65.7. The molecule has 0 saturated heterocycles. The van der Waals surface area contributed by atoms with E-state index < -0.39 is 35.9 Å². The normalized spacial score (nSPS) is 13.6. The molecule has 1 aliphatic rings. The molecule has 3 N–H and O–H groups in total. The van der Waals surface area contributed by atoms with Gasteiger partial charge in [-0.05, 0) is 44.9 Å². The molecular formula is C27H32F5N3O4. The van der Waals surface area contributed by atoms with Crippen molar-refractivity contribution in [3.05, 3.63) is 54.1 Å². The summed E-state index contributed by atoms with van der Waals surface area (Å²) in [5.41, 5.74) is 7.26. The van der Waals surface area contributed by atoms with E-state index in [0.29, 0.717) is 19.6 Å². The molecule has 0 radical (unpaired) electrons. The molecule has 0 saturated carbocycles. The van der Waals surface area contributed by atoms with Crippen LogP contribution in [-0.4, -0.2) is 55.6 Å². The third kappa shape index (κ3) is 7.98. The second-order valence-corrected chi connectivity index (χ2v) is 9.69. The van der Waals surface area contributed by atoms with Crippen LogP contribution < -0.4 is 16.0 Å². The Balaban J connectivity index is 0.000000285. The monoisotopic (exact) mass is 557 g/mol. The number of nitrogens with two attached hydrogens (primary N) is 1. The number of halogens is 5. The minimum Gasteiger partial charge on any atom is -0.377 e. The lowest BCUT2D eigenvalue weighted by Crippen LogP contribution is -2.52. The van der Waals surface area contributed by atoms with Crippen molar-refractivity contribution in [1.29, 1.82) is 0 Å². The minimum absolute atomic E-state index is 0.129. The van der Waals surface area contributed by atoms with Crippen molar-refractivity contribution in [3.8, 4) is 11.1 Å². The van der Waals surface area contributed by atoms with Gasteiger partial charge in [0.1, 0.15) is 5.41 Å². The van der Waals surface area contributed by atoms with E-state index in [9.17, 15) is 36.3 Å². The fraction of sp³-hybridized carbons (Fsp3) is 0.444. The average molecular weight is 558 g/mol. The van der Waals surface area contributed by atoms with Gasteiger partial charge in [-0.3, -0.25) is 14.4 Å². The number of hydrogen-bond acceptors (Lipinski definition) is 4. The molecule has 2 aromatic rings. The maximum Gasteiger partial charge on any atom is 0.455 e. The van der Waals surface area contributed by atoms with Gasteiger partial charge in [0, 0.05) is 12.1 Å². The van der Waals surface area contributed by atoms with Gasteiger partial charge in [0.2, 0.25) is 17.7 Å². The quantitative estimate of drug-likeness (QED) is 0.369. The number of benzene rings is 2. The van der Waals surface area contributed by atoms with Gasteiger partial charge in [-0.1, -0.05) is 42.5 Å². The fourth-order valence-electron chi connectivity index (χ4n) is 3.52. The molecule has 1 aliphatic heterocycles. The second-order valence-electron chi connectivity index (χ2n) is 9.69.